The fraction of sp³-hybridized carbons (Fsp3) is 1.00. The molecule has 0 aromatic heterocycles. The van der Waals surface area contributed by atoms with E-state index in [-0.39, 0.29) is 12.6 Å². The molecule has 0 aliphatic carbocycles. The third-order valence-electron chi connectivity index (χ3n) is 1.25. The van der Waals surface area contributed by atoms with Gasteiger partial charge < -0.3 is 5.11 Å². The SMILES string of the molecule is CCCC[C@@H](CO)N=O. The standard InChI is InChI=1S/C6H13NO2/c1-2-3-4-6(5-8)7-9/h6,8H,2-5H2,1H3/t6-/m0/s1. The maximum atomic E-state index is 9.83. The van der Waals surface area contributed by atoms with Crippen molar-refractivity contribution in [1.82, 2.24) is 0 Å². The van der Waals surface area contributed by atoms with Gasteiger partial charge in [0.1, 0.15) is 6.04 Å². The quantitative estimate of drug-likeness (QED) is 0.572. The fourth-order valence-electron chi connectivity index (χ4n) is 0.617. The van der Waals surface area contributed by atoms with Crippen LogP contribution >= 0.6 is 0 Å². The predicted molar refractivity (Wildman–Crippen MR) is 36.2 cm³/mol. The normalized spacial score (nSPS) is 13.1. The van der Waals surface area contributed by atoms with Gasteiger partial charge in [-0.05, 0) is 6.42 Å². The Morgan fingerprint density at radius 2 is 2.33 bits per heavy atom. The lowest BCUT2D eigenvalue weighted by Gasteiger charge is -2.01. The third-order valence-corrected chi connectivity index (χ3v) is 1.25. The van der Waals surface area contributed by atoms with Gasteiger partial charge in [-0.2, -0.15) is 4.91 Å². The molecular formula is C6H13NO2. The molecule has 0 spiro atoms. The Balaban J connectivity index is 3.20. The van der Waals surface area contributed by atoms with E-state index >= 15 is 0 Å². The average molecular weight is 131 g/mol. The summed E-state index contributed by atoms with van der Waals surface area (Å²) in [6.07, 6.45) is 2.74. The van der Waals surface area contributed by atoms with Gasteiger partial charge in [0.15, 0.2) is 0 Å². The van der Waals surface area contributed by atoms with Crippen molar-refractivity contribution in [3.63, 3.8) is 0 Å². The van der Waals surface area contributed by atoms with E-state index < -0.39 is 0 Å². The molecule has 0 saturated carbocycles. The summed E-state index contributed by atoms with van der Waals surface area (Å²) >= 11 is 0. The summed E-state index contributed by atoms with van der Waals surface area (Å²) in [7, 11) is 0. The molecule has 0 aromatic carbocycles. The van der Waals surface area contributed by atoms with Gasteiger partial charge in [0.2, 0.25) is 0 Å². The van der Waals surface area contributed by atoms with E-state index in [1.54, 1.807) is 0 Å². The molecule has 1 N–H and O–H groups in total. The van der Waals surface area contributed by atoms with Crippen molar-refractivity contribution in [2.75, 3.05) is 6.61 Å². The molecule has 3 nitrogen and oxygen atoms in total. The summed E-state index contributed by atoms with van der Waals surface area (Å²) in [5, 5.41) is 11.2. The van der Waals surface area contributed by atoms with Crippen LogP contribution in [0.25, 0.3) is 0 Å². The summed E-state index contributed by atoms with van der Waals surface area (Å²) in [5.41, 5.74) is 0. The smallest absolute Gasteiger partial charge is 0.115 e. The van der Waals surface area contributed by atoms with Crippen molar-refractivity contribution in [1.29, 1.82) is 0 Å². The molecule has 0 radical (unpaired) electrons. The second-order valence-electron chi connectivity index (χ2n) is 2.08. The molecule has 9 heavy (non-hydrogen) atoms. The lowest BCUT2D eigenvalue weighted by molar-refractivity contribution is 0.258. The lowest BCUT2D eigenvalue weighted by Crippen LogP contribution is -2.08. The molecule has 0 aliphatic rings. The van der Waals surface area contributed by atoms with E-state index in [4.69, 9.17) is 5.11 Å². The monoisotopic (exact) mass is 131 g/mol. The number of rotatable bonds is 5. The van der Waals surface area contributed by atoms with Crippen LogP contribution in [0.5, 0.6) is 0 Å². The van der Waals surface area contributed by atoms with Crippen LogP contribution in [0, 0.1) is 4.91 Å². The molecule has 0 heterocycles. The summed E-state index contributed by atoms with van der Waals surface area (Å²) in [4.78, 5) is 9.83. The van der Waals surface area contributed by atoms with E-state index in [2.05, 4.69) is 5.18 Å². The van der Waals surface area contributed by atoms with Gasteiger partial charge in [-0.3, -0.25) is 0 Å². The molecule has 0 amide bonds. The molecule has 0 aromatic rings. The number of aliphatic hydroxyl groups excluding tert-OH is 1. The Morgan fingerprint density at radius 3 is 2.67 bits per heavy atom. The molecule has 0 rings (SSSR count). The number of hydrogen-bond donors (Lipinski definition) is 1. The number of nitroso groups, excluding NO2 is 1. The third kappa shape index (κ3) is 4.09. The zero-order valence-electron chi connectivity index (χ0n) is 5.71. The molecule has 0 bridgehead atoms. The molecule has 0 fully saturated rings. The van der Waals surface area contributed by atoms with Crippen LogP contribution in [-0.4, -0.2) is 17.8 Å². The van der Waals surface area contributed by atoms with E-state index in [0.29, 0.717) is 0 Å². The summed E-state index contributed by atoms with van der Waals surface area (Å²) in [6.45, 7) is 1.93. The van der Waals surface area contributed by atoms with E-state index in [0.717, 1.165) is 19.3 Å². The maximum absolute atomic E-state index is 9.83. The van der Waals surface area contributed by atoms with Crippen molar-refractivity contribution < 1.29 is 5.11 Å². The Labute approximate surface area is 55.1 Å². The van der Waals surface area contributed by atoms with Crippen LogP contribution in [0.2, 0.25) is 0 Å². The molecule has 0 unspecified atom stereocenters. The highest BCUT2D eigenvalue weighted by atomic mass is 16.3. The number of aliphatic hydroxyl groups is 1. The first-order valence-corrected chi connectivity index (χ1v) is 3.28. The second-order valence-corrected chi connectivity index (χ2v) is 2.08. The van der Waals surface area contributed by atoms with Crippen molar-refractivity contribution in [2.24, 2.45) is 5.18 Å². The minimum atomic E-state index is -0.370. The van der Waals surface area contributed by atoms with Gasteiger partial charge in [0.25, 0.3) is 0 Å². The van der Waals surface area contributed by atoms with Gasteiger partial charge in [-0.15, -0.1) is 0 Å². The zero-order valence-corrected chi connectivity index (χ0v) is 5.71. The van der Waals surface area contributed by atoms with Crippen LogP contribution in [0.4, 0.5) is 0 Å². The highest BCUT2D eigenvalue weighted by molar-refractivity contribution is 4.62. The van der Waals surface area contributed by atoms with Crippen molar-refractivity contribution in [2.45, 2.75) is 32.2 Å². The van der Waals surface area contributed by atoms with Crippen LogP contribution in [0.1, 0.15) is 26.2 Å². The fourth-order valence-corrected chi connectivity index (χ4v) is 0.617. The number of nitrogens with zero attached hydrogens (tertiary/aromatic N) is 1. The first-order chi connectivity index (χ1) is 4.35. The van der Waals surface area contributed by atoms with Gasteiger partial charge in [-0.25, -0.2) is 0 Å². The Morgan fingerprint density at radius 1 is 1.67 bits per heavy atom. The van der Waals surface area contributed by atoms with E-state index in [9.17, 15) is 4.91 Å². The van der Waals surface area contributed by atoms with Crippen molar-refractivity contribution >= 4 is 0 Å². The minimum Gasteiger partial charge on any atom is -0.394 e. The molecule has 54 valence electrons. The van der Waals surface area contributed by atoms with Crippen LogP contribution in [-0.2, 0) is 0 Å². The second kappa shape index (κ2) is 5.69. The van der Waals surface area contributed by atoms with E-state index in [1.807, 2.05) is 6.92 Å². The minimum absolute atomic E-state index is 0.108. The summed E-state index contributed by atoms with van der Waals surface area (Å²) in [6, 6.07) is -0.370. The van der Waals surface area contributed by atoms with Crippen LogP contribution < -0.4 is 0 Å². The number of hydrogen-bond acceptors (Lipinski definition) is 3. The Kier molecular flexibility index (Phi) is 5.41. The molecule has 3 heteroatoms. The predicted octanol–water partition coefficient (Wildman–Crippen LogP) is 1.30. The van der Waals surface area contributed by atoms with Gasteiger partial charge in [0, 0.05) is 0 Å². The first-order valence-electron chi connectivity index (χ1n) is 3.28. The van der Waals surface area contributed by atoms with Gasteiger partial charge in [0.05, 0.1) is 6.61 Å². The van der Waals surface area contributed by atoms with Crippen LogP contribution in [0.3, 0.4) is 0 Å². The van der Waals surface area contributed by atoms with Crippen LogP contribution in [0.15, 0.2) is 5.18 Å². The van der Waals surface area contributed by atoms with Gasteiger partial charge in [-0.1, -0.05) is 24.9 Å². The number of unbranched alkanes of at least 4 members (excludes halogenated alkanes) is 1. The molecule has 0 aliphatic heterocycles. The lowest BCUT2D eigenvalue weighted by atomic mass is 10.1. The van der Waals surface area contributed by atoms with Crippen molar-refractivity contribution in [3.05, 3.63) is 4.91 Å². The molecule has 0 saturated heterocycles. The Hall–Kier alpha value is -0.440. The van der Waals surface area contributed by atoms with Crippen molar-refractivity contribution in [3.8, 4) is 0 Å². The Bertz CT molecular complexity index is 75.5. The zero-order chi connectivity index (χ0) is 7.11. The largest absolute Gasteiger partial charge is 0.394 e. The highest BCUT2D eigenvalue weighted by Crippen LogP contribution is 2.02. The van der Waals surface area contributed by atoms with E-state index in [1.165, 1.54) is 0 Å². The maximum Gasteiger partial charge on any atom is 0.115 e. The molecule has 1 atom stereocenters. The average Bonchev–Trinajstić information content (AvgIpc) is 1.91. The first kappa shape index (κ1) is 8.56. The summed E-state index contributed by atoms with van der Waals surface area (Å²) < 4.78 is 0. The summed E-state index contributed by atoms with van der Waals surface area (Å²) in [5.74, 6) is 0. The van der Waals surface area contributed by atoms with Gasteiger partial charge >= 0.3 is 0 Å². The topological polar surface area (TPSA) is 49.7 Å². The molecular weight excluding hydrogens is 118 g/mol. The highest BCUT2D eigenvalue weighted by Gasteiger charge is 2.03.